The molecule has 2 saturated heterocycles. The van der Waals surface area contributed by atoms with E-state index >= 15 is 0 Å². The van der Waals surface area contributed by atoms with E-state index in [2.05, 4.69) is 10.2 Å². The van der Waals surface area contributed by atoms with Gasteiger partial charge in [0.15, 0.2) is 0 Å². The van der Waals surface area contributed by atoms with Gasteiger partial charge in [-0.3, -0.25) is 4.90 Å². The first-order chi connectivity index (χ1) is 4.86. The van der Waals surface area contributed by atoms with Crippen LogP contribution in [0.2, 0.25) is 0 Å². The average Bonchev–Trinajstić information content (AvgIpc) is 2.27. The highest BCUT2D eigenvalue weighted by Crippen LogP contribution is 2.18. The molecule has 0 saturated carbocycles. The Morgan fingerprint density at radius 1 is 1.33 bits per heavy atom. The quantitative estimate of drug-likeness (QED) is 0.590. The fraction of sp³-hybridized carbons (Fsp3) is 1.00. The molecule has 2 rings (SSSR count). The van der Waals surface area contributed by atoms with Crippen LogP contribution in [0.25, 0.3) is 0 Å². The number of halogens is 2. The normalized spacial score (nSPS) is 34.8. The second-order valence-electron chi connectivity index (χ2n) is 3.24. The molecule has 12 heavy (non-hydrogen) atoms. The lowest BCUT2D eigenvalue weighted by Crippen LogP contribution is -2.47. The smallest absolute Gasteiger partial charge is 0.0682 e. The predicted molar refractivity (Wildman–Crippen MR) is 53.4 cm³/mol. The number of hydrogen-bond donors (Lipinski definition) is 2. The Morgan fingerprint density at radius 3 is 2.75 bits per heavy atom. The van der Waals surface area contributed by atoms with E-state index in [1.54, 1.807) is 0 Å². The standard InChI is InChI=1S/C7H14N2O.2ClH/c10-7-3-6-4-8-1-2-9(6)5-7;;/h6-8,10H,1-5H2;2*1H/t6-,7-;;/m1../s1. The van der Waals surface area contributed by atoms with Crippen molar-refractivity contribution < 1.29 is 5.11 Å². The Balaban J connectivity index is 0.000000605. The topological polar surface area (TPSA) is 35.5 Å². The largest absolute Gasteiger partial charge is 0.392 e. The molecule has 2 heterocycles. The van der Waals surface area contributed by atoms with Gasteiger partial charge in [0.25, 0.3) is 0 Å². The molecule has 0 bridgehead atoms. The summed E-state index contributed by atoms with van der Waals surface area (Å²) in [4.78, 5) is 2.38. The van der Waals surface area contributed by atoms with Crippen molar-refractivity contribution in [3.63, 3.8) is 0 Å². The summed E-state index contributed by atoms with van der Waals surface area (Å²) in [6, 6.07) is 0.615. The summed E-state index contributed by atoms with van der Waals surface area (Å²) in [5, 5.41) is 12.6. The fourth-order valence-corrected chi connectivity index (χ4v) is 1.94. The molecular formula is C7H16Cl2N2O. The number of piperazine rings is 1. The molecule has 2 atom stereocenters. The van der Waals surface area contributed by atoms with E-state index in [4.69, 9.17) is 0 Å². The number of rotatable bonds is 0. The van der Waals surface area contributed by atoms with E-state index in [1.807, 2.05) is 0 Å². The molecule has 2 N–H and O–H groups in total. The first-order valence-corrected chi connectivity index (χ1v) is 3.99. The van der Waals surface area contributed by atoms with E-state index < -0.39 is 0 Å². The van der Waals surface area contributed by atoms with Gasteiger partial charge in [-0.2, -0.15) is 0 Å². The summed E-state index contributed by atoms with van der Waals surface area (Å²) in [6.45, 7) is 4.16. The molecule has 0 radical (unpaired) electrons. The first kappa shape index (κ1) is 12.5. The van der Waals surface area contributed by atoms with Crippen molar-refractivity contribution in [1.29, 1.82) is 0 Å². The second-order valence-corrected chi connectivity index (χ2v) is 3.24. The highest BCUT2D eigenvalue weighted by Gasteiger charge is 2.31. The van der Waals surface area contributed by atoms with Gasteiger partial charge in [-0.25, -0.2) is 0 Å². The maximum atomic E-state index is 9.29. The fourth-order valence-electron chi connectivity index (χ4n) is 1.94. The van der Waals surface area contributed by atoms with Gasteiger partial charge in [-0.05, 0) is 6.42 Å². The minimum absolute atomic E-state index is 0. The molecule has 0 unspecified atom stereocenters. The van der Waals surface area contributed by atoms with Gasteiger partial charge in [-0.15, -0.1) is 24.8 Å². The highest BCUT2D eigenvalue weighted by molar-refractivity contribution is 5.85. The van der Waals surface area contributed by atoms with Crippen LogP contribution in [0, 0.1) is 0 Å². The summed E-state index contributed by atoms with van der Waals surface area (Å²) in [5.41, 5.74) is 0. The molecule has 0 spiro atoms. The molecule has 0 amide bonds. The Morgan fingerprint density at radius 2 is 2.08 bits per heavy atom. The number of fused-ring (bicyclic) bond motifs is 1. The van der Waals surface area contributed by atoms with E-state index in [1.165, 1.54) is 0 Å². The van der Waals surface area contributed by atoms with E-state index in [9.17, 15) is 5.11 Å². The monoisotopic (exact) mass is 214 g/mol. The molecule has 74 valence electrons. The van der Waals surface area contributed by atoms with E-state index in [-0.39, 0.29) is 30.9 Å². The Hall–Kier alpha value is 0.460. The number of nitrogens with zero attached hydrogens (tertiary/aromatic N) is 1. The molecule has 0 aliphatic carbocycles. The molecule has 0 aromatic carbocycles. The van der Waals surface area contributed by atoms with Crippen LogP contribution in [0.4, 0.5) is 0 Å². The summed E-state index contributed by atoms with van der Waals surface area (Å²) in [7, 11) is 0. The van der Waals surface area contributed by atoms with Crippen molar-refractivity contribution in [2.75, 3.05) is 26.2 Å². The zero-order chi connectivity index (χ0) is 6.97. The minimum Gasteiger partial charge on any atom is -0.392 e. The Bertz CT molecular complexity index is 123. The second kappa shape index (κ2) is 5.25. The van der Waals surface area contributed by atoms with Crippen molar-refractivity contribution in [2.45, 2.75) is 18.6 Å². The SMILES string of the molecule is Cl.Cl.O[C@@H]1C[C@@H]2CNCCN2C1. The zero-order valence-electron chi connectivity index (χ0n) is 6.90. The van der Waals surface area contributed by atoms with Crippen molar-refractivity contribution in [3.05, 3.63) is 0 Å². The van der Waals surface area contributed by atoms with Crippen LogP contribution in [-0.4, -0.2) is 48.3 Å². The predicted octanol–water partition coefficient (Wildman–Crippen LogP) is -0.132. The zero-order valence-corrected chi connectivity index (χ0v) is 8.53. The van der Waals surface area contributed by atoms with Crippen LogP contribution in [-0.2, 0) is 0 Å². The van der Waals surface area contributed by atoms with Gasteiger partial charge in [-0.1, -0.05) is 0 Å². The summed E-state index contributed by atoms with van der Waals surface area (Å²) < 4.78 is 0. The van der Waals surface area contributed by atoms with Crippen molar-refractivity contribution in [2.24, 2.45) is 0 Å². The lowest BCUT2D eigenvalue weighted by molar-refractivity contribution is 0.170. The Labute approximate surface area is 85.3 Å². The van der Waals surface area contributed by atoms with Gasteiger partial charge in [0.05, 0.1) is 6.10 Å². The molecule has 2 aliphatic rings. The number of aliphatic hydroxyl groups excluding tert-OH is 1. The number of aliphatic hydroxyl groups is 1. The minimum atomic E-state index is -0.0649. The maximum absolute atomic E-state index is 9.29. The van der Waals surface area contributed by atoms with Gasteiger partial charge in [0.1, 0.15) is 0 Å². The van der Waals surface area contributed by atoms with Crippen LogP contribution in [0.5, 0.6) is 0 Å². The molecule has 0 aromatic heterocycles. The van der Waals surface area contributed by atoms with Gasteiger partial charge in [0, 0.05) is 32.2 Å². The van der Waals surface area contributed by atoms with Crippen molar-refractivity contribution in [1.82, 2.24) is 10.2 Å². The first-order valence-electron chi connectivity index (χ1n) is 3.99. The third-order valence-electron chi connectivity index (χ3n) is 2.46. The van der Waals surface area contributed by atoms with E-state index in [0.29, 0.717) is 6.04 Å². The van der Waals surface area contributed by atoms with Crippen LogP contribution in [0.3, 0.4) is 0 Å². The summed E-state index contributed by atoms with van der Waals surface area (Å²) >= 11 is 0. The van der Waals surface area contributed by atoms with Crippen LogP contribution in [0.1, 0.15) is 6.42 Å². The number of hydrogen-bond acceptors (Lipinski definition) is 3. The number of nitrogens with one attached hydrogen (secondary N) is 1. The molecule has 2 aliphatic heterocycles. The van der Waals surface area contributed by atoms with Crippen LogP contribution < -0.4 is 5.32 Å². The van der Waals surface area contributed by atoms with Crippen molar-refractivity contribution >= 4 is 24.8 Å². The van der Waals surface area contributed by atoms with Crippen LogP contribution in [0.15, 0.2) is 0 Å². The molecule has 5 heteroatoms. The lowest BCUT2D eigenvalue weighted by Gasteiger charge is -2.29. The maximum Gasteiger partial charge on any atom is 0.0682 e. The summed E-state index contributed by atoms with van der Waals surface area (Å²) in [6.07, 6.45) is 0.900. The molecular weight excluding hydrogens is 199 g/mol. The molecule has 2 fully saturated rings. The third kappa shape index (κ3) is 2.47. The third-order valence-corrected chi connectivity index (χ3v) is 2.46. The molecule has 0 aromatic rings. The lowest BCUT2D eigenvalue weighted by atomic mass is 10.2. The van der Waals surface area contributed by atoms with Crippen molar-refractivity contribution in [3.8, 4) is 0 Å². The van der Waals surface area contributed by atoms with Gasteiger partial charge in [0.2, 0.25) is 0 Å². The Kier molecular flexibility index (Phi) is 5.45. The van der Waals surface area contributed by atoms with Crippen LogP contribution >= 0.6 is 24.8 Å². The van der Waals surface area contributed by atoms with E-state index in [0.717, 1.165) is 32.6 Å². The van der Waals surface area contributed by atoms with Gasteiger partial charge < -0.3 is 10.4 Å². The average molecular weight is 215 g/mol. The van der Waals surface area contributed by atoms with Gasteiger partial charge >= 0.3 is 0 Å². The summed E-state index contributed by atoms with van der Waals surface area (Å²) in [5.74, 6) is 0. The highest BCUT2D eigenvalue weighted by atomic mass is 35.5. The molecule has 3 nitrogen and oxygen atoms in total.